The SMILES string of the molecule is C=CCONC1CCN(S(=O)(=O)Nc2ccc(F)c(F)c2Nc2ccc(I)cc2Cl)CC1. The van der Waals surface area contributed by atoms with Gasteiger partial charge in [0.25, 0.3) is 0 Å². The Hall–Kier alpha value is -1.51. The molecule has 0 radical (unpaired) electrons. The molecule has 3 N–H and O–H groups in total. The van der Waals surface area contributed by atoms with Crippen LogP contribution in [0.2, 0.25) is 5.02 Å². The number of halogens is 4. The fraction of sp³-hybridized carbons (Fsp3) is 0.300. The quantitative estimate of drug-likeness (QED) is 0.167. The first-order chi connectivity index (χ1) is 15.2. The van der Waals surface area contributed by atoms with Crippen LogP contribution in [0.5, 0.6) is 0 Å². The average Bonchev–Trinajstić information content (AvgIpc) is 2.75. The van der Waals surface area contributed by atoms with Crippen molar-refractivity contribution in [3.8, 4) is 0 Å². The third kappa shape index (κ3) is 6.29. The second kappa shape index (κ2) is 11.1. The Balaban J connectivity index is 1.76. The molecule has 0 spiro atoms. The van der Waals surface area contributed by atoms with Crippen LogP contribution in [-0.4, -0.2) is 38.5 Å². The molecule has 2 aromatic carbocycles. The van der Waals surface area contributed by atoms with Crippen LogP contribution in [0.4, 0.5) is 25.8 Å². The maximum Gasteiger partial charge on any atom is 0.301 e. The van der Waals surface area contributed by atoms with Crippen molar-refractivity contribution in [1.29, 1.82) is 0 Å². The molecule has 0 bridgehead atoms. The molecule has 0 aliphatic carbocycles. The summed E-state index contributed by atoms with van der Waals surface area (Å²) >= 11 is 8.25. The van der Waals surface area contributed by atoms with Crippen molar-refractivity contribution in [2.45, 2.75) is 18.9 Å². The van der Waals surface area contributed by atoms with Crippen LogP contribution in [0.1, 0.15) is 12.8 Å². The van der Waals surface area contributed by atoms with E-state index in [1.807, 2.05) is 0 Å². The topological polar surface area (TPSA) is 82.7 Å². The van der Waals surface area contributed by atoms with E-state index >= 15 is 0 Å². The number of nitrogens with one attached hydrogen (secondary N) is 3. The summed E-state index contributed by atoms with van der Waals surface area (Å²) in [6.45, 7) is 4.37. The van der Waals surface area contributed by atoms with Gasteiger partial charge >= 0.3 is 10.2 Å². The molecule has 3 rings (SSSR count). The van der Waals surface area contributed by atoms with E-state index in [0.717, 1.165) is 15.7 Å². The van der Waals surface area contributed by atoms with Gasteiger partial charge in [-0.15, -0.1) is 6.58 Å². The van der Waals surface area contributed by atoms with Gasteiger partial charge in [-0.2, -0.15) is 18.2 Å². The van der Waals surface area contributed by atoms with Gasteiger partial charge in [-0.3, -0.25) is 9.56 Å². The van der Waals surface area contributed by atoms with E-state index in [2.05, 4.69) is 44.7 Å². The molecule has 1 aliphatic heterocycles. The Morgan fingerprint density at radius 2 is 1.91 bits per heavy atom. The van der Waals surface area contributed by atoms with Gasteiger partial charge in [0, 0.05) is 22.7 Å². The highest BCUT2D eigenvalue weighted by Gasteiger charge is 2.29. The number of hydrogen-bond acceptors (Lipinski definition) is 5. The van der Waals surface area contributed by atoms with Crippen molar-refractivity contribution in [1.82, 2.24) is 9.79 Å². The normalized spacial score (nSPS) is 15.5. The first kappa shape index (κ1) is 25.1. The molecule has 174 valence electrons. The van der Waals surface area contributed by atoms with Crippen LogP contribution in [0.15, 0.2) is 43.0 Å². The van der Waals surface area contributed by atoms with Crippen molar-refractivity contribution in [2.75, 3.05) is 29.7 Å². The molecule has 1 fully saturated rings. The maximum absolute atomic E-state index is 14.6. The minimum absolute atomic E-state index is 0.00455. The molecule has 0 unspecified atom stereocenters. The summed E-state index contributed by atoms with van der Waals surface area (Å²) in [6.07, 6.45) is 2.66. The second-order valence-electron chi connectivity index (χ2n) is 7.03. The molecule has 32 heavy (non-hydrogen) atoms. The van der Waals surface area contributed by atoms with Crippen LogP contribution in [0.25, 0.3) is 0 Å². The summed E-state index contributed by atoms with van der Waals surface area (Å²) in [5, 5.41) is 2.99. The number of hydroxylamine groups is 1. The van der Waals surface area contributed by atoms with E-state index in [0.29, 0.717) is 25.1 Å². The minimum atomic E-state index is -4.01. The first-order valence-electron chi connectivity index (χ1n) is 9.67. The minimum Gasteiger partial charge on any atom is -0.350 e. The lowest BCUT2D eigenvalue weighted by Crippen LogP contribution is -2.46. The van der Waals surface area contributed by atoms with Crippen molar-refractivity contribution >= 4 is 61.5 Å². The third-order valence-corrected chi connectivity index (χ3v) is 7.28. The molecule has 0 atom stereocenters. The van der Waals surface area contributed by atoms with Gasteiger partial charge in [-0.25, -0.2) is 8.78 Å². The summed E-state index contributed by atoms with van der Waals surface area (Å²) in [7, 11) is -4.01. The van der Waals surface area contributed by atoms with Crippen molar-refractivity contribution in [2.24, 2.45) is 0 Å². The van der Waals surface area contributed by atoms with Gasteiger partial charge in [-0.1, -0.05) is 17.7 Å². The number of anilines is 3. The zero-order valence-electron chi connectivity index (χ0n) is 16.9. The lowest BCUT2D eigenvalue weighted by Gasteiger charge is -2.31. The Labute approximate surface area is 204 Å². The predicted molar refractivity (Wildman–Crippen MR) is 130 cm³/mol. The zero-order valence-corrected chi connectivity index (χ0v) is 20.6. The van der Waals surface area contributed by atoms with Gasteiger partial charge in [0.15, 0.2) is 11.6 Å². The summed E-state index contributed by atoms with van der Waals surface area (Å²) in [5.74, 6) is -2.34. The number of nitrogens with zero attached hydrogens (tertiary/aromatic N) is 1. The molecule has 7 nitrogen and oxygen atoms in total. The van der Waals surface area contributed by atoms with Crippen molar-refractivity contribution in [3.05, 3.63) is 63.2 Å². The highest BCUT2D eigenvalue weighted by atomic mass is 127. The van der Waals surface area contributed by atoms with Crippen LogP contribution in [0.3, 0.4) is 0 Å². The van der Waals surface area contributed by atoms with E-state index in [1.54, 1.807) is 24.3 Å². The lowest BCUT2D eigenvalue weighted by atomic mass is 10.1. The Morgan fingerprint density at radius 3 is 2.56 bits per heavy atom. The van der Waals surface area contributed by atoms with Crippen LogP contribution in [-0.2, 0) is 15.0 Å². The van der Waals surface area contributed by atoms with Crippen molar-refractivity contribution in [3.63, 3.8) is 0 Å². The zero-order chi connectivity index (χ0) is 23.3. The number of benzene rings is 2. The molecular formula is C20H22ClF2IN4O3S. The Bertz CT molecular complexity index is 1080. The van der Waals surface area contributed by atoms with Crippen LogP contribution in [0, 0.1) is 15.2 Å². The Morgan fingerprint density at radius 1 is 1.22 bits per heavy atom. The smallest absolute Gasteiger partial charge is 0.301 e. The molecule has 12 heteroatoms. The highest BCUT2D eigenvalue weighted by Crippen LogP contribution is 2.34. The van der Waals surface area contributed by atoms with E-state index in [4.69, 9.17) is 16.4 Å². The number of rotatable bonds is 9. The molecule has 0 saturated carbocycles. The Kier molecular flexibility index (Phi) is 8.69. The van der Waals surface area contributed by atoms with E-state index in [1.165, 1.54) is 4.31 Å². The number of hydrogen-bond donors (Lipinski definition) is 3. The number of piperidine rings is 1. The standard InChI is InChI=1S/C20H22ClF2IN4O3S/c1-2-11-31-26-14-7-9-28(10-8-14)32(29,30)27-18-6-4-16(22)19(23)20(18)25-17-5-3-13(24)12-15(17)21/h2-6,12,14,25-27H,1,7-11H2. The lowest BCUT2D eigenvalue weighted by molar-refractivity contribution is 0.0218. The summed E-state index contributed by atoms with van der Waals surface area (Å²) in [5.41, 5.74) is 2.70. The van der Waals surface area contributed by atoms with Crippen LogP contribution >= 0.6 is 34.2 Å². The average molecular weight is 599 g/mol. The summed E-state index contributed by atoms with van der Waals surface area (Å²) in [6, 6.07) is 7.00. The molecule has 1 saturated heterocycles. The fourth-order valence-corrected chi connectivity index (χ4v) is 5.30. The van der Waals surface area contributed by atoms with Crippen molar-refractivity contribution < 1.29 is 22.0 Å². The molecule has 2 aromatic rings. The van der Waals surface area contributed by atoms with Gasteiger partial charge in [0.1, 0.15) is 5.69 Å². The summed E-state index contributed by atoms with van der Waals surface area (Å²) < 4.78 is 58.8. The fourth-order valence-electron chi connectivity index (χ4n) is 3.13. The highest BCUT2D eigenvalue weighted by molar-refractivity contribution is 14.1. The molecule has 0 aromatic heterocycles. The first-order valence-corrected chi connectivity index (χ1v) is 12.6. The molecule has 1 heterocycles. The second-order valence-corrected chi connectivity index (χ2v) is 10.4. The van der Waals surface area contributed by atoms with Gasteiger partial charge in [0.05, 0.1) is 23.0 Å². The molecule has 0 amide bonds. The summed E-state index contributed by atoms with van der Waals surface area (Å²) in [4.78, 5) is 5.20. The van der Waals surface area contributed by atoms with Gasteiger partial charge in [-0.05, 0) is 65.8 Å². The monoisotopic (exact) mass is 598 g/mol. The molecular weight excluding hydrogens is 577 g/mol. The van der Waals surface area contributed by atoms with Crippen LogP contribution < -0.4 is 15.5 Å². The third-order valence-electron chi connectivity index (χ3n) is 4.77. The predicted octanol–water partition coefficient (Wildman–Crippen LogP) is 4.79. The molecule has 1 aliphatic rings. The van der Waals surface area contributed by atoms with Gasteiger partial charge in [0.2, 0.25) is 0 Å². The largest absolute Gasteiger partial charge is 0.350 e. The van der Waals surface area contributed by atoms with Gasteiger partial charge < -0.3 is 5.32 Å². The van der Waals surface area contributed by atoms with E-state index in [9.17, 15) is 17.2 Å². The van der Waals surface area contributed by atoms with E-state index in [-0.39, 0.29) is 35.5 Å². The maximum atomic E-state index is 14.6. The van der Waals surface area contributed by atoms with E-state index < -0.39 is 21.8 Å².